The van der Waals surface area contributed by atoms with Gasteiger partial charge in [0, 0.05) is 24.6 Å². The minimum Gasteiger partial charge on any atom is -0.465 e. The van der Waals surface area contributed by atoms with Gasteiger partial charge in [-0.15, -0.1) is 11.6 Å². The van der Waals surface area contributed by atoms with Crippen molar-refractivity contribution in [2.75, 3.05) is 118 Å². The number of alkyl halides is 1. The molecule has 0 fully saturated rings. The standard InChI is InChI=1S/C33H60O20.C10H18O6.C8H15ClO4/c1-21(34)9-46-29(38)50-25(5)13-42-17-33(18-43-14-26(6)51-30(39)47-10-22(2)35,19-44-15-27(7)52-31(40)48-11-23(3)36)20-45-16-28(8)53-32(41)49-12-24(4)37;1-7(4-14-9(3)12)5-15-10(13)16-6-8(2)11;1-6(3-9)4-12-8(11)13-5-7(2)10/h21-28,34-37H,9-20H2,1-8H3;7-8,11H,4-6H2,1-3H3;6-7,10H,3-5H2,1-2H3. The molecule has 12 atom stereocenters. The van der Waals surface area contributed by atoms with Crippen molar-refractivity contribution in [3.05, 3.63) is 0 Å². The van der Waals surface area contributed by atoms with Gasteiger partial charge in [-0.1, -0.05) is 13.8 Å². The summed E-state index contributed by atoms with van der Waals surface area (Å²) < 4.78 is 86.7. The summed E-state index contributed by atoms with van der Waals surface area (Å²) in [5, 5.41) is 54.9. The number of carbonyl (C=O) groups excluding carboxylic acids is 7. The number of rotatable bonds is 39. The molecule has 0 spiro atoms. The van der Waals surface area contributed by atoms with Crippen LogP contribution < -0.4 is 0 Å². The van der Waals surface area contributed by atoms with E-state index < -0.39 is 103 Å². The third-order valence-corrected chi connectivity index (χ3v) is 9.22. The third-order valence-electron chi connectivity index (χ3n) is 8.69. The van der Waals surface area contributed by atoms with Gasteiger partial charge in [0.2, 0.25) is 0 Å². The van der Waals surface area contributed by atoms with Crippen LogP contribution in [0.2, 0.25) is 0 Å². The van der Waals surface area contributed by atoms with Crippen molar-refractivity contribution in [2.45, 2.75) is 151 Å². The van der Waals surface area contributed by atoms with Crippen LogP contribution in [0.5, 0.6) is 0 Å². The van der Waals surface area contributed by atoms with Gasteiger partial charge in [-0.3, -0.25) is 4.79 Å². The number of aliphatic hydroxyl groups is 6. The monoisotopic (exact) mass is 1220 g/mol. The molecule has 0 heterocycles. The first-order valence-electron chi connectivity index (χ1n) is 26.3. The number of ether oxygens (including phenoxy) is 17. The van der Waals surface area contributed by atoms with Gasteiger partial charge >= 0.3 is 42.9 Å². The summed E-state index contributed by atoms with van der Waals surface area (Å²) >= 11 is 5.49. The molecule has 0 bridgehead atoms. The van der Waals surface area contributed by atoms with E-state index in [-0.39, 0.29) is 130 Å². The molecule has 0 aliphatic carbocycles. The first kappa shape index (κ1) is 81.2. The van der Waals surface area contributed by atoms with Crippen LogP contribution >= 0.6 is 11.6 Å². The molecule has 0 saturated heterocycles. The predicted octanol–water partition coefficient (Wildman–Crippen LogP) is 3.84. The SMILES string of the molecule is CC(=O)OCC(C)COC(=O)OCC(C)O.CC(O)COC(=O)OC(C)COCC(COCC(C)OC(=O)OCC(C)O)(COCC(C)OC(=O)OCC(C)O)COCC(C)OC(=O)OCC(C)O.CC(O)COC(=O)OCC(C)CCl. The Bertz CT molecular complexity index is 1530. The van der Waals surface area contributed by atoms with Gasteiger partial charge in [-0.25, -0.2) is 28.8 Å². The van der Waals surface area contributed by atoms with Gasteiger partial charge < -0.3 is 111 Å². The maximum atomic E-state index is 11.9. The molecule has 30 nitrogen and oxygen atoms in total. The van der Waals surface area contributed by atoms with Gasteiger partial charge in [0.25, 0.3) is 0 Å². The average Bonchev–Trinajstić information content (AvgIpc) is 3.45. The van der Waals surface area contributed by atoms with E-state index >= 15 is 0 Å². The summed E-state index contributed by atoms with van der Waals surface area (Å²) in [6.45, 7) is 18.2. The summed E-state index contributed by atoms with van der Waals surface area (Å²) in [6.07, 6.45) is -13.7. The first-order valence-corrected chi connectivity index (χ1v) is 26.8. The van der Waals surface area contributed by atoms with Crippen LogP contribution in [0.15, 0.2) is 0 Å². The predicted molar refractivity (Wildman–Crippen MR) is 284 cm³/mol. The van der Waals surface area contributed by atoms with Gasteiger partial charge in [-0.05, 0) is 69.2 Å². The molecule has 0 radical (unpaired) electrons. The van der Waals surface area contributed by atoms with Crippen LogP contribution in [-0.2, 0) is 85.3 Å². The molecule has 31 heteroatoms. The van der Waals surface area contributed by atoms with Crippen LogP contribution in [-0.4, -0.2) is 253 Å². The second kappa shape index (κ2) is 49.4. The summed E-state index contributed by atoms with van der Waals surface area (Å²) in [7, 11) is 0. The highest BCUT2D eigenvalue weighted by molar-refractivity contribution is 6.18. The molecule has 0 aliphatic heterocycles. The Morgan fingerprint density at radius 2 is 0.524 bits per heavy atom. The Morgan fingerprint density at radius 3 is 0.744 bits per heavy atom. The van der Waals surface area contributed by atoms with Crippen molar-refractivity contribution in [3.63, 3.8) is 0 Å². The largest absolute Gasteiger partial charge is 0.508 e. The maximum Gasteiger partial charge on any atom is 0.508 e. The molecule has 0 aliphatic rings. The van der Waals surface area contributed by atoms with E-state index in [4.69, 9.17) is 88.1 Å². The van der Waals surface area contributed by atoms with Crippen molar-refractivity contribution in [1.29, 1.82) is 0 Å². The maximum absolute atomic E-state index is 11.9. The van der Waals surface area contributed by atoms with Crippen molar-refractivity contribution >= 4 is 54.5 Å². The average molecular weight is 1220 g/mol. The van der Waals surface area contributed by atoms with Crippen LogP contribution in [0.4, 0.5) is 28.8 Å². The molecule has 0 saturated carbocycles. The lowest BCUT2D eigenvalue weighted by molar-refractivity contribution is -0.142. The number of aliphatic hydroxyl groups excluding tert-OH is 6. The molecular weight excluding hydrogens is 1130 g/mol. The zero-order valence-corrected chi connectivity index (χ0v) is 50.3. The number of halogens is 1. The van der Waals surface area contributed by atoms with E-state index in [1.54, 1.807) is 34.6 Å². The van der Waals surface area contributed by atoms with E-state index in [9.17, 15) is 54.0 Å². The van der Waals surface area contributed by atoms with Crippen molar-refractivity contribution < 1.29 is 145 Å². The second-order valence-electron chi connectivity index (χ2n) is 19.5. The van der Waals surface area contributed by atoms with E-state index in [2.05, 4.69) is 14.2 Å². The fourth-order valence-corrected chi connectivity index (χ4v) is 5.02. The minimum atomic E-state index is -1.14. The summed E-state index contributed by atoms with van der Waals surface area (Å²) in [6, 6.07) is 0. The lowest BCUT2D eigenvalue weighted by atomic mass is 9.92. The molecule has 0 aromatic rings. The zero-order chi connectivity index (χ0) is 63.2. The van der Waals surface area contributed by atoms with E-state index in [1.807, 2.05) is 6.92 Å². The lowest BCUT2D eigenvalue weighted by Gasteiger charge is -2.34. The van der Waals surface area contributed by atoms with Crippen LogP contribution in [0.3, 0.4) is 0 Å². The molecule has 6 N–H and O–H groups in total. The van der Waals surface area contributed by atoms with Crippen molar-refractivity contribution in [3.8, 4) is 0 Å². The second-order valence-corrected chi connectivity index (χ2v) is 19.8. The summed E-state index contributed by atoms with van der Waals surface area (Å²) in [5.74, 6) is 0.0799. The van der Waals surface area contributed by atoms with Crippen LogP contribution in [0.1, 0.15) is 90.0 Å². The van der Waals surface area contributed by atoms with Gasteiger partial charge in [0.1, 0.15) is 70.7 Å². The van der Waals surface area contributed by atoms with Crippen LogP contribution in [0.25, 0.3) is 0 Å². The van der Waals surface area contributed by atoms with Gasteiger partial charge in [0.05, 0.1) is 108 Å². The fraction of sp³-hybridized carbons (Fsp3) is 0.863. The molecule has 0 rings (SSSR count). The molecule has 12 unspecified atom stereocenters. The Morgan fingerprint density at radius 1 is 0.317 bits per heavy atom. The normalized spacial score (nSPS) is 16.0. The Hall–Kier alpha value is -5.02. The molecule has 484 valence electrons. The summed E-state index contributed by atoms with van der Waals surface area (Å²) in [4.78, 5) is 79.9. The van der Waals surface area contributed by atoms with Crippen molar-refractivity contribution in [1.82, 2.24) is 0 Å². The van der Waals surface area contributed by atoms with E-state index in [1.165, 1.54) is 48.5 Å². The Balaban J connectivity index is -0.00000173. The molecule has 0 aromatic carbocycles. The molecule has 0 aromatic heterocycles. The Labute approximate surface area is 484 Å². The number of carbonyl (C=O) groups is 7. The highest BCUT2D eigenvalue weighted by atomic mass is 35.5. The highest BCUT2D eigenvalue weighted by Gasteiger charge is 2.34. The smallest absolute Gasteiger partial charge is 0.465 e. The highest BCUT2D eigenvalue weighted by Crippen LogP contribution is 2.23. The molecule has 82 heavy (non-hydrogen) atoms. The summed E-state index contributed by atoms with van der Waals surface area (Å²) in [5.41, 5.74) is -1.14. The topological polar surface area (TPSA) is 398 Å². The van der Waals surface area contributed by atoms with E-state index in [0.29, 0.717) is 5.88 Å². The molecule has 0 amide bonds. The third kappa shape index (κ3) is 55.5. The lowest BCUT2D eigenvalue weighted by Crippen LogP contribution is -2.44. The first-order chi connectivity index (χ1) is 38.3. The van der Waals surface area contributed by atoms with E-state index in [0.717, 1.165) is 0 Å². The van der Waals surface area contributed by atoms with Crippen molar-refractivity contribution in [2.24, 2.45) is 17.3 Å². The quantitative estimate of drug-likeness (QED) is 0.0289. The van der Waals surface area contributed by atoms with Gasteiger partial charge in [-0.2, -0.15) is 0 Å². The van der Waals surface area contributed by atoms with Crippen LogP contribution in [0, 0.1) is 17.3 Å². The number of hydrogen-bond acceptors (Lipinski definition) is 30. The Kier molecular flexibility index (Phi) is 48.9. The number of hydrogen-bond donors (Lipinski definition) is 6. The zero-order valence-electron chi connectivity index (χ0n) is 49.5. The molecular formula is C51H93ClO30. The number of esters is 1. The van der Waals surface area contributed by atoms with Gasteiger partial charge in [0.15, 0.2) is 0 Å². The minimum absolute atomic E-state index is 0.0475. The fourth-order valence-electron chi connectivity index (χ4n) is 4.93.